The monoisotopic (exact) mass is 329 g/mol. The Hall–Kier alpha value is -2.05. The number of carboxylic acids is 1. The van der Waals surface area contributed by atoms with Crippen LogP contribution in [-0.2, 0) is 22.2 Å². The highest BCUT2D eigenvalue weighted by atomic mass is 19.4. The number of amides is 1. The number of rotatable bonds is 4. The summed E-state index contributed by atoms with van der Waals surface area (Å²) in [7, 11) is 0. The second-order valence-corrected chi connectivity index (χ2v) is 5.83. The average molecular weight is 329 g/mol. The van der Waals surface area contributed by atoms with Crippen molar-refractivity contribution in [3.8, 4) is 0 Å². The molecule has 0 saturated heterocycles. The molecule has 1 amide bonds. The molecule has 1 aliphatic rings. The number of nitrogens with one attached hydrogen (secondary N) is 1. The van der Waals surface area contributed by atoms with Gasteiger partial charge in [-0.25, -0.2) is 0 Å². The molecule has 7 heteroatoms. The summed E-state index contributed by atoms with van der Waals surface area (Å²) in [6.07, 6.45) is -2.39. The summed E-state index contributed by atoms with van der Waals surface area (Å²) in [4.78, 5) is 22.8. The maximum atomic E-state index is 12.6. The lowest BCUT2D eigenvalue weighted by atomic mass is 9.86. The molecule has 0 radical (unpaired) electrons. The van der Waals surface area contributed by atoms with Gasteiger partial charge in [-0.05, 0) is 37.3 Å². The van der Waals surface area contributed by atoms with Gasteiger partial charge in [0.1, 0.15) is 0 Å². The van der Waals surface area contributed by atoms with Gasteiger partial charge >= 0.3 is 12.1 Å². The molecule has 0 bridgehead atoms. The van der Waals surface area contributed by atoms with Crippen molar-refractivity contribution in [3.63, 3.8) is 0 Å². The molecule has 23 heavy (non-hydrogen) atoms. The Balaban J connectivity index is 1.87. The van der Waals surface area contributed by atoms with Crippen LogP contribution in [0.5, 0.6) is 0 Å². The molecule has 0 unspecified atom stereocenters. The number of hydrogen-bond donors (Lipinski definition) is 2. The molecule has 1 aromatic rings. The van der Waals surface area contributed by atoms with Crippen LogP contribution in [0.25, 0.3) is 0 Å². The van der Waals surface area contributed by atoms with Gasteiger partial charge in [0.25, 0.3) is 0 Å². The van der Waals surface area contributed by atoms with E-state index in [2.05, 4.69) is 5.32 Å². The second-order valence-electron chi connectivity index (χ2n) is 5.83. The summed E-state index contributed by atoms with van der Waals surface area (Å²) < 4.78 is 37.9. The smallest absolute Gasteiger partial charge is 0.416 e. The summed E-state index contributed by atoms with van der Waals surface area (Å²) in [5.74, 6) is -1.53. The average Bonchev–Trinajstić information content (AvgIpc) is 2.47. The molecule has 1 fully saturated rings. The number of carboxylic acid groups (broad SMARTS) is 1. The molecular formula is C16H18F3NO3. The molecule has 1 aromatic carbocycles. The van der Waals surface area contributed by atoms with Gasteiger partial charge < -0.3 is 10.4 Å². The van der Waals surface area contributed by atoms with Gasteiger partial charge in [-0.1, -0.05) is 18.2 Å². The second kappa shape index (κ2) is 7.02. The number of aliphatic carboxylic acids is 1. The third-order valence-electron chi connectivity index (χ3n) is 4.06. The first-order valence-electron chi connectivity index (χ1n) is 7.44. The van der Waals surface area contributed by atoms with Crippen LogP contribution in [0.15, 0.2) is 24.3 Å². The van der Waals surface area contributed by atoms with E-state index in [1.165, 1.54) is 12.1 Å². The fourth-order valence-electron chi connectivity index (χ4n) is 2.81. The zero-order valence-corrected chi connectivity index (χ0v) is 12.4. The van der Waals surface area contributed by atoms with Crippen LogP contribution < -0.4 is 5.32 Å². The highest BCUT2D eigenvalue weighted by molar-refractivity contribution is 5.79. The Morgan fingerprint density at radius 2 is 1.83 bits per heavy atom. The Kier molecular flexibility index (Phi) is 5.28. The van der Waals surface area contributed by atoms with Crippen LogP contribution >= 0.6 is 0 Å². The molecular weight excluding hydrogens is 311 g/mol. The molecule has 1 saturated carbocycles. The van der Waals surface area contributed by atoms with Crippen molar-refractivity contribution in [2.24, 2.45) is 5.92 Å². The molecule has 1 aliphatic carbocycles. The van der Waals surface area contributed by atoms with Crippen LogP contribution in [0.1, 0.15) is 36.8 Å². The van der Waals surface area contributed by atoms with Gasteiger partial charge in [-0.2, -0.15) is 13.2 Å². The van der Waals surface area contributed by atoms with Crippen LogP contribution in [0.3, 0.4) is 0 Å². The molecule has 0 aromatic heterocycles. The fraction of sp³-hybridized carbons (Fsp3) is 0.500. The third-order valence-corrected chi connectivity index (χ3v) is 4.06. The number of hydrogen-bond acceptors (Lipinski definition) is 2. The first kappa shape index (κ1) is 17.3. The van der Waals surface area contributed by atoms with Crippen LogP contribution in [0.4, 0.5) is 13.2 Å². The number of carbonyl (C=O) groups excluding carboxylic acids is 1. The Labute approximate surface area is 131 Å². The quantitative estimate of drug-likeness (QED) is 0.892. The summed E-state index contributed by atoms with van der Waals surface area (Å²) in [5, 5.41) is 11.7. The van der Waals surface area contributed by atoms with Crippen molar-refractivity contribution in [2.75, 3.05) is 0 Å². The van der Waals surface area contributed by atoms with Gasteiger partial charge in [0.05, 0.1) is 17.9 Å². The van der Waals surface area contributed by atoms with Gasteiger partial charge in [0.2, 0.25) is 5.91 Å². The zero-order valence-electron chi connectivity index (χ0n) is 12.4. The van der Waals surface area contributed by atoms with Crippen molar-refractivity contribution in [1.29, 1.82) is 0 Å². The van der Waals surface area contributed by atoms with E-state index in [0.29, 0.717) is 31.2 Å². The van der Waals surface area contributed by atoms with E-state index in [-0.39, 0.29) is 24.3 Å². The van der Waals surface area contributed by atoms with Crippen molar-refractivity contribution in [2.45, 2.75) is 44.3 Å². The molecule has 4 nitrogen and oxygen atoms in total. The predicted octanol–water partition coefficient (Wildman–Crippen LogP) is 3.01. The van der Waals surface area contributed by atoms with E-state index in [9.17, 15) is 22.8 Å². The molecule has 2 rings (SSSR count). The van der Waals surface area contributed by atoms with Crippen molar-refractivity contribution >= 4 is 11.9 Å². The lowest BCUT2D eigenvalue weighted by Crippen LogP contribution is -2.39. The number of carbonyl (C=O) groups is 2. The number of halogens is 3. The molecule has 0 heterocycles. The minimum absolute atomic E-state index is 0.108. The third kappa shape index (κ3) is 4.97. The van der Waals surface area contributed by atoms with Gasteiger partial charge in [-0.15, -0.1) is 0 Å². The largest absolute Gasteiger partial charge is 0.481 e. The molecule has 126 valence electrons. The lowest BCUT2D eigenvalue weighted by Gasteiger charge is -2.26. The first-order valence-corrected chi connectivity index (χ1v) is 7.44. The fourth-order valence-corrected chi connectivity index (χ4v) is 2.81. The minimum Gasteiger partial charge on any atom is -0.481 e. The Morgan fingerprint density at radius 3 is 2.39 bits per heavy atom. The highest BCUT2D eigenvalue weighted by Crippen LogP contribution is 2.29. The van der Waals surface area contributed by atoms with Crippen LogP contribution in [-0.4, -0.2) is 23.0 Å². The Bertz CT molecular complexity index is 578. The molecule has 0 aliphatic heterocycles. The maximum Gasteiger partial charge on any atom is 0.416 e. The van der Waals surface area contributed by atoms with Crippen molar-refractivity contribution in [1.82, 2.24) is 5.32 Å². The minimum atomic E-state index is -4.43. The SMILES string of the molecule is O=C(Cc1cccc(C(F)(F)F)c1)NC1CCC(C(=O)O)CC1. The van der Waals surface area contributed by atoms with Gasteiger partial charge in [0, 0.05) is 6.04 Å². The summed E-state index contributed by atoms with van der Waals surface area (Å²) >= 11 is 0. The van der Waals surface area contributed by atoms with Gasteiger partial charge in [-0.3, -0.25) is 9.59 Å². The summed E-state index contributed by atoms with van der Waals surface area (Å²) in [6, 6.07) is 4.60. The van der Waals surface area contributed by atoms with Gasteiger partial charge in [0.15, 0.2) is 0 Å². The van der Waals surface area contributed by atoms with E-state index in [1.807, 2.05) is 0 Å². The highest BCUT2D eigenvalue weighted by Gasteiger charge is 2.30. The summed E-state index contributed by atoms with van der Waals surface area (Å²) in [6.45, 7) is 0. The standard InChI is InChI=1S/C16H18F3NO3/c17-16(18,19)12-3-1-2-10(8-12)9-14(21)20-13-6-4-11(5-7-13)15(22)23/h1-3,8,11,13H,4-7,9H2,(H,20,21)(H,22,23). The topological polar surface area (TPSA) is 66.4 Å². The first-order chi connectivity index (χ1) is 10.8. The normalized spacial score (nSPS) is 21.7. The lowest BCUT2D eigenvalue weighted by molar-refractivity contribution is -0.143. The number of alkyl halides is 3. The number of benzene rings is 1. The van der Waals surface area contributed by atoms with E-state index >= 15 is 0 Å². The zero-order chi connectivity index (χ0) is 17.0. The maximum absolute atomic E-state index is 12.6. The van der Waals surface area contributed by atoms with E-state index < -0.39 is 17.7 Å². The summed E-state index contributed by atoms with van der Waals surface area (Å²) in [5.41, 5.74) is -0.471. The Morgan fingerprint density at radius 1 is 1.17 bits per heavy atom. The predicted molar refractivity (Wildman–Crippen MR) is 76.7 cm³/mol. The van der Waals surface area contributed by atoms with Crippen LogP contribution in [0, 0.1) is 5.92 Å². The van der Waals surface area contributed by atoms with E-state index in [0.717, 1.165) is 12.1 Å². The molecule has 2 N–H and O–H groups in total. The molecule has 0 atom stereocenters. The van der Waals surface area contributed by atoms with Crippen molar-refractivity contribution in [3.05, 3.63) is 35.4 Å². The van der Waals surface area contributed by atoms with E-state index in [4.69, 9.17) is 5.11 Å². The van der Waals surface area contributed by atoms with Crippen LogP contribution in [0.2, 0.25) is 0 Å². The molecule has 0 spiro atoms. The van der Waals surface area contributed by atoms with Crippen molar-refractivity contribution < 1.29 is 27.9 Å². The van der Waals surface area contributed by atoms with E-state index in [1.54, 1.807) is 0 Å².